The monoisotopic (exact) mass is 672 g/mol. The Labute approximate surface area is 277 Å². The highest BCUT2D eigenvalue weighted by molar-refractivity contribution is 6.34. The van der Waals surface area contributed by atoms with Crippen LogP contribution in [0.1, 0.15) is 61.5 Å². The molecule has 252 valence electrons. The zero-order valence-electron chi connectivity index (χ0n) is 26.8. The molecule has 0 aliphatic carbocycles. The third kappa shape index (κ3) is 7.80. The lowest BCUT2D eigenvalue weighted by atomic mass is 9.85. The number of rotatable bonds is 10. The number of amides is 2. The maximum absolute atomic E-state index is 16.5. The van der Waals surface area contributed by atoms with E-state index in [2.05, 4.69) is 10.6 Å². The van der Waals surface area contributed by atoms with Crippen molar-refractivity contribution in [3.8, 4) is 22.6 Å². The maximum atomic E-state index is 16.5. The largest absolute Gasteiger partial charge is 0.488 e. The fraction of sp³-hybridized carbons (Fsp3) is 0.429. The molecule has 1 fully saturated rings. The Balaban J connectivity index is 1.53. The summed E-state index contributed by atoms with van der Waals surface area (Å²) in [4.78, 5) is 25.8. The zero-order chi connectivity index (χ0) is 33.8. The van der Waals surface area contributed by atoms with Crippen LogP contribution >= 0.6 is 11.6 Å². The summed E-state index contributed by atoms with van der Waals surface area (Å²) >= 11 is 6.61. The van der Waals surface area contributed by atoms with Gasteiger partial charge in [-0.05, 0) is 57.7 Å². The van der Waals surface area contributed by atoms with E-state index in [9.17, 15) is 9.59 Å². The van der Waals surface area contributed by atoms with Gasteiger partial charge in [0, 0.05) is 42.8 Å². The van der Waals surface area contributed by atoms with E-state index in [4.69, 9.17) is 35.3 Å². The predicted octanol–water partition coefficient (Wildman–Crippen LogP) is 6.92. The van der Waals surface area contributed by atoms with Crippen LogP contribution in [0.2, 0.25) is 5.02 Å². The van der Waals surface area contributed by atoms with Crippen molar-refractivity contribution < 1.29 is 42.1 Å². The van der Waals surface area contributed by atoms with E-state index in [0.29, 0.717) is 17.7 Å². The molecule has 3 aromatic carbocycles. The number of fused-ring (bicyclic) bond motifs is 1. The number of halogens is 3. The smallest absolute Gasteiger partial charge is 0.407 e. The lowest BCUT2D eigenvalue weighted by Gasteiger charge is -2.30. The molecule has 9 nitrogen and oxygen atoms in total. The normalized spacial score (nSPS) is 19.0. The molecule has 1 saturated heterocycles. The number of alkyl carbamates (subject to hydrolysis) is 1. The third-order valence-electron chi connectivity index (χ3n) is 7.88. The highest BCUT2D eigenvalue weighted by atomic mass is 35.5. The van der Waals surface area contributed by atoms with E-state index in [0.717, 1.165) is 25.3 Å². The summed E-state index contributed by atoms with van der Waals surface area (Å²) < 4.78 is 61.0. The van der Waals surface area contributed by atoms with Crippen LogP contribution in [0.3, 0.4) is 0 Å². The highest BCUT2D eigenvalue weighted by Gasteiger charge is 2.45. The number of benzene rings is 3. The molecule has 0 bridgehead atoms. The first-order chi connectivity index (χ1) is 22.4. The van der Waals surface area contributed by atoms with Crippen LogP contribution in [-0.4, -0.2) is 57.3 Å². The van der Waals surface area contributed by atoms with Crippen molar-refractivity contribution >= 4 is 23.6 Å². The van der Waals surface area contributed by atoms with E-state index >= 15 is 8.78 Å². The highest BCUT2D eigenvalue weighted by Crippen LogP contribution is 2.50. The Morgan fingerprint density at radius 3 is 2.51 bits per heavy atom. The van der Waals surface area contributed by atoms with E-state index in [1.54, 1.807) is 32.9 Å². The zero-order valence-corrected chi connectivity index (χ0v) is 27.6. The Kier molecular flexibility index (Phi) is 10.6. The molecular weight excluding hydrogens is 634 g/mol. The Morgan fingerprint density at radius 1 is 1.06 bits per heavy atom. The topological polar surface area (TPSA) is 104 Å². The van der Waals surface area contributed by atoms with Gasteiger partial charge in [-0.3, -0.25) is 4.79 Å². The molecule has 3 aromatic rings. The van der Waals surface area contributed by atoms with Crippen LogP contribution in [0.25, 0.3) is 11.1 Å². The first-order valence-electron chi connectivity index (χ1n) is 15.6. The molecule has 0 aromatic heterocycles. The van der Waals surface area contributed by atoms with Crippen LogP contribution in [0, 0.1) is 11.6 Å². The van der Waals surface area contributed by atoms with Gasteiger partial charge in [0.2, 0.25) is 0 Å². The van der Waals surface area contributed by atoms with E-state index in [1.165, 1.54) is 19.2 Å². The molecule has 0 spiro atoms. The number of carbonyl (C=O) groups is 2. The lowest BCUT2D eigenvalue weighted by Crippen LogP contribution is -2.45. The molecule has 2 N–H and O–H groups in total. The number of carbonyl (C=O) groups excluding carboxylic acids is 2. The number of hydrogen-bond acceptors (Lipinski definition) is 7. The van der Waals surface area contributed by atoms with Crippen molar-refractivity contribution in [1.29, 1.82) is 0 Å². The third-order valence-corrected chi connectivity index (χ3v) is 8.25. The van der Waals surface area contributed by atoms with E-state index < -0.39 is 39.9 Å². The summed E-state index contributed by atoms with van der Waals surface area (Å²) in [6.07, 6.45) is 1.77. The Bertz CT molecular complexity index is 1610. The van der Waals surface area contributed by atoms with Crippen LogP contribution in [-0.2, 0) is 26.2 Å². The first kappa shape index (κ1) is 34.4. The fourth-order valence-electron chi connectivity index (χ4n) is 5.74. The molecule has 5 rings (SSSR count). The summed E-state index contributed by atoms with van der Waals surface area (Å²) in [6.45, 7) is 5.92. The summed E-state index contributed by atoms with van der Waals surface area (Å²) in [5.41, 5.74) is -1.35. The van der Waals surface area contributed by atoms with Crippen molar-refractivity contribution in [1.82, 2.24) is 10.6 Å². The number of nitrogens with one attached hydrogen (secondary N) is 2. The standard InChI is InChI=1S/C35H39ClF2N2O7/c1-34(2,3)47-33(42)40-20-35(21-10-6-5-7-11-21)19-23-26(46-35)18-24(37)30(36)28(23)29-22(32(41)39-4)13-14-25(31(29)38)43-16-17-45-27-12-8-9-15-44-27/h5-7,10-11,13-14,18,27H,8-9,12,15-17,19-20H2,1-4H3,(H,39,41)(H,40,42)/t27-,35+/m0/s1. The average Bonchev–Trinajstić information content (AvgIpc) is 3.42. The average molecular weight is 673 g/mol. The van der Waals surface area contributed by atoms with Gasteiger partial charge in [-0.2, -0.15) is 0 Å². The van der Waals surface area contributed by atoms with Crippen molar-refractivity contribution in [3.05, 3.63) is 81.9 Å². The van der Waals surface area contributed by atoms with Gasteiger partial charge in [-0.15, -0.1) is 0 Å². The second kappa shape index (κ2) is 14.5. The van der Waals surface area contributed by atoms with Crippen molar-refractivity contribution in [2.24, 2.45) is 0 Å². The van der Waals surface area contributed by atoms with Gasteiger partial charge < -0.3 is 34.3 Å². The summed E-state index contributed by atoms with van der Waals surface area (Å²) in [7, 11) is 1.41. The SMILES string of the molecule is CNC(=O)c1ccc(OCCO[C@H]2CCCCO2)c(F)c1-c1c(Cl)c(F)cc2c1C[C@@](CNC(=O)OC(C)(C)C)(c1ccccc1)O2. The van der Waals surface area contributed by atoms with Gasteiger partial charge in [0.15, 0.2) is 23.5 Å². The molecule has 2 atom stereocenters. The number of ether oxygens (including phenoxy) is 5. The van der Waals surface area contributed by atoms with Crippen molar-refractivity contribution in [2.45, 2.75) is 63.9 Å². The molecule has 0 unspecified atom stereocenters. The van der Waals surface area contributed by atoms with Crippen molar-refractivity contribution in [3.63, 3.8) is 0 Å². The van der Waals surface area contributed by atoms with E-state index in [-0.39, 0.29) is 60.7 Å². The van der Waals surface area contributed by atoms with Crippen LogP contribution < -0.4 is 20.1 Å². The van der Waals surface area contributed by atoms with Crippen LogP contribution in [0.15, 0.2) is 48.5 Å². The summed E-state index contributed by atoms with van der Waals surface area (Å²) in [6, 6.07) is 12.9. The molecule has 2 amide bonds. The molecule has 47 heavy (non-hydrogen) atoms. The molecule has 2 aliphatic rings. The minimum Gasteiger partial charge on any atom is -0.488 e. The van der Waals surface area contributed by atoms with Gasteiger partial charge in [-0.25, -0.2) is 13.6 Å². The second-order valence-electron chi connectivity index (χ2n) is 12.4. The summed E-state index contributed by atoms with van der Waals surface area (Å²) in [5, 5.41) is 4.88. The lowest BCUT2D eigenvalue weighted by molar-refractivity contribution is -0.165. The van der Waals surface area contributed by atoms with Gasteiger partial charge in [0.25, 0.3) is 5.91 Å². The van der Waals surface area contributed by atoms with E-state index in [1.807, 2.05) is 18.2 Å². The van der Waals surface area contributed by atoms with Gasteiger partial charge in [-0.1, -0.05) is 41.9 Å². The molecular formula is C35H39ClF2N2O7. The minimum absolute atomic E-state index is 0.00109. The maximum Gasteiger partial charge on any atom is 0.407 e. The fourth-order valence-corrected chi connectivity index (χ4v) is 6.01. The van der Waals surface area contributed by atoms with Crippen LogP contribution in [0.5, 0.6) is 11.5 Å². The van der Waals surface area contributed by atoms with Gasteiger partial charge in [0.1, 0.15) is 23.8 Å². The Hall–Kier alpha value is -3.93. The summed E-state index contributed by atoms with van der Waals surface area (Å²) in [5.74, 6) is -2.48. The number of hydrogen-bond donors (Lipinski definition) is 2. The van der Waals surface area contributed by atoms with Gasteiger partial charge in [0.05, 0.1) is 23.7 Å². The predicted molar refractivity (Wildman–Crippen MR) is 172 cm³/mol. The molecule has 0 radical (unpaired) electrons. The molecule has 0 saturated carbocycles. The molecule has 2 aliphatic heterocycles. The Morgan fingerprint density at radius 2 is 1.83 bits per heavy atom. The van der Waals surface area contributed by atoms with Crippen LogP contribution in [0.4, 0.5) is 13.6 Å². The van der Waals surface area contributed by atoms with Gasteiger partial charge >= 0.3 is 6.09 Å². The first-order valence-corrected chi connectivity index (χ1v) is 15.9. The molecule has 2 heterocycles. The quantitative estimate of drug-likeness (QED) is 0.225. The minimum atomic E-state index is -1.25. The second-order valence-corrected chi connectivity index (χ2v) is 12.8. The molecule has 12 heteroatoms. The van der Waals surface area contributed by atoms with Crippen molar-refractivity contribution in [2.75, 3.05) is 33.4 Å².